The Bertz CT molecular complexity index is 931. The van der Waals surface area contributed by atoms with Gasteiger partial charge >= 0.3 is 0 Å². The van der Waals surface area contributed by atoms with Crippen molar-refractivity contribution in [2.24, 2.45) is 5.73 Å². The van der Waals surface area contributed by atoms with E-state index in [9.17, 15) is 18.0 Å². The molecule has 0 aliphatic heterocycles. The zero-order valence-electron chi connectivity index (χ0n) is 13.6. The number of nitrogens with two attached hydrogens (primary N) is 1. The van der Waals surface area contributed by atoms with E-state index in [0.29, 0.717) is 4.88 Å². The summed E-state index contributed by atoms with van der Waals surface area (Å²) in [6.07, 6.45) is 0.972. The van der Waals surface area contributed by atoms with Gasteiger partial charge in [-0.2, -0.15) is 5.26 Å². The summed E-state index contributed by atoms with van der Waals surface area (Å²) in [5.41, 5.74) is 5.64. The van der Waals surface area contributed by atoms with Crippen LogP contribution in [0.2, 0.25) is 0 Å². The lowest BCUT2D eigenvalue weighted by Crippen LogP contribution is -2.29. The SMILES string of the molecule is N#C[C@@H](NC(=O)[CH]CS(=O)(=O)Cc1ccccc1C(N)=O)c1cccs1. The van der Waals surface area contributed by atoms with Gasteiger partial charge in [0.05, 0.1) is 24.0 Å². The Hall–Kier alpha value is -2.70. The highest BCUT2D eigenvalue weighted by Gasteiger charge is 2.20. The lowest BCUT2D eigenvalue weighted by atomic mass is 10.1. The summed E-state index contributed by atoms with van der Waals surface area (Å²) in [6.45, 7) is 0. The predicted octanol–water partition coefficient (Wildman–Crippen LogP) is 1.35. The first-order valence-electron chi connectivity index (χ1n) is 7.47. The molecule has 0 saturated heterocycles. The lowest BCUT2D eigenvalue weighted by Gasteiger charge is -2.10. The molecule has 26 heavy (non-hydrogen) atoms. The molecule has 0 aliphatic rings. The van der Waals surface area contributed by atoms with E-state index in [0.717, 1.165) is 6.42 Å². The van der Waals surface area contributed by atoms with Gasteiger partial charge in [-0.05, 0) is 23.1 Å². The third kappa shape index (κ3) is 5.40. The summed E-state index contributed by atoms with van der Waals surface area (Å²) >= 11 is 1.31. The molecule has 0 aliphatic carbocycles. The maximum Gasteiger partial charge on any atom is 0.249 e. The van der Waals surface area contributed by atoms with Crippen molar-refractivity contribution in [1.82, 2.24) is 5.32 Å². The average Bonchev–Trinajstić information content (AvgIpc) is 3.12. The second-order valence-electron chi connectivity index (χ2n) is 5.37. The molecule has 7 nitrogen and oxygen atoms in total. The number of nitrogens with one attached hydrogen (secondary N) is 1. The zero-order valence-corrected chi connectivity index (χ0v) is 15.2. The van der Waals surface area contributed by atoms with Gasteiger partial charge < -0.3 is 11.1 Å². The van der Waals surface area contributed by atoms with Gasteiger partial charge in [-0.25, -0.2) is 8.42 Å². The molecule has 0 fully saturated rings. The molecule has 9 heteroatoms. The molecule has 1 radical (unpaired) electrons. The largest absolute Gasteiger partial charge is 0.366 e. The van der Waals surface area contributed by atoms with E-state index >= 15 is 0 Å². The van der Waals surface area contributed by atoms with Crippen molar-refractivity contribution in [3.05, 3.63) is 64.2 Å². The number of carbonyl (C=O) groups excluding carboxylic acids is 2. The molecule has 2 amide bonds. The van der Waals surface area contributed by atoms with Crippen LogP contribution in [0.1, 0.15) is 26.8 Å². The van der Waals surface area contributed by atoms with Gasteiger partial charge in [-0.3, -0.25) is 9.59 Å². The van der Waals surface area contributed by atoms with Crippen molar-refractivity contribution < 1.29 is 18.0 Å². The third-order valence-electron chi connectivity index (χ3n) is 3.42. The van der Waals surface area contributed by atoms with Crippen LogP contribution in [0.4, 0.5) is 0 Å². The quantitative estimate of drug-likeness (QED) is 0.702. The van der Waals surface area contributed by atoms with Gasteiger partial charge in [0.1, 0.15) is 0 Å². The Morgan fingerprint density at radius 1 is 1.27 bits per heavy atom. The zero-order chi connectivity index (χ0) is 19.2. The van der Waals surface area contributed by atoms with E-state index in [1.165, 1.54) is 23.5 Å². The van der Waals surface area contributed by atoms with Crippen molar-refractivity contribution in [3.8, 4) is 6.07 Å². The first-order chi connectivity index (χ1) is 12.3. The Labute approximate surface area is 155 Å². The normalized spacial score (nSPS) is 12.1. The fourth-order valence-corrected chi connectivity index (χ4v) is 4.18. The van der Waals surface area contributed by atoms with Crippen LogP contribution >= 0.6 is 11.3 Å². The van der Waals surface area contributed by atoms with Crippen molar-refractivity contribution >= 4 is 33.0 Å². The molecule has 1 heterocycles. The molecular weight excluding hydrogens is 374 g/mol. The highest BCUT2D eigenvalue weighted by Crippen LogP contribution is 2.18. The van der Waals surface area contributed by atoms with E-state index in [1.54, 1.807) is 29.6 Å². The molecule has 0 bridgehead atoms. The van der Waals surface area contributed by atoms with Crippen LogP contribution in [0, 0.1) is 17.8 Å². The number of primary amides is 1. The number of carbonyl (C=O) groups is 2. The van der Waals surface area contributed by atoms with Crippen LogP contribution in [0.15, 0.2) is 41.8 Å². The van der Waals surface area contributed by atoms with E-state index in [1.807, 2.05) is 6.07 Å². The molecule has 0 spiro atoms. The van der Waals surface area contributed by atoms with Crippen LogP contribution in [0.3, 0.4) is 0 Å². The Morgan fingerprint density at radius 3 is 2.62 bits per heavy atom. The topological polar surface area (TPSA) is 130 Å². The minimum absolute atomic E-state index is 0.128. The second kappa shape index (κ2) is 8.60. The molecule has 2 aromatic rings. The number of sulfone groups is 1. The van der Waals surface area contributed by atoms with E-state index in [4.69, 9.17) is 11.0 Å². The van der Waals surface area contributed by atoms with E-state index in [-0.39, 0.29) is 11.1 Å². The van der Waals surface area contributed by atoms with Crippen LogP contribution < -0.4 is 11.1 Å². The molecule has 0 saturated carbocycles. The summed E-state index contributed by atoms with van der Waals surface area (Å²) in [6, 6.07) is 10.7. The predicted molar refractivity (Wildman–Crippen MR) is 97.6 cm³/mol. The molecule has 1 aromatic heterocycles. The number of nitriles is 1. The van der Waals surface area contributed by atoms with Crippen LogP contribution in [0.25, 0.3) is 0 Å². The van der Waals surface area contributed by atoms with E-state index < -0.39 is 39.2 Å². The fraction of sp³-hybridized carbons (Fsp3) is 0.176. The van der Waals surface area contributed by atoms with Gasteiger partial charge in [0.2, 0.25) is 11.8 Å². The molecule has 1 aromatic carbocycles. The Balaban J connectivity index is 1.97. The number of amides is 2. The van der Waals surface area contributed by atoms with Gasteiger partial charge in [-0.1, -0.05) is 24.3 Å². The van der Waals surface area contributed by atoms with Gasteiger partial charge in [0, 0.05) is 10.4 Å². The fourth-order valence-electron chi connectivity index (χ4n) is 2.21. The molecule has 3 N–H and O–H groups in total. The van der Waals surface area contributed by atoms with Gasteiger partial charge in [0.25, 0.3) is 0 Å². The Morgan fingerprint density at radius 2 is 2.00 bits per heavy atom. The van der Waals surface area contributed by atoms with Crippen molar-refractivity contribution in [2.45, 2.75) is 11.8 Å². The third-order valence-corrected chi connectivity index (χ3v) is 5.79. The average molecular weight is 390 g/mol. The lowest BCUT2D eigenvalue weighted by molar-refractivity contribution is -0.118. The van der Waals surface area contributed by atoms with Gasteiger partial charge in [-0.15, -0.1) is 11.3 Å². The van der Waals surface area contributed by atoms with Crippen LogP contribution in [-0.2, 0) is 20.4 Å². The van der Waals surface area contributed by atoms with Crippen molar-refractivity contribution in [1.29, 1.82) is 5.26 Å². The first-order valence-corrected chi connectivity index (χ1v) is 10.2. The minimum Gasteiger partial charge on any atom is -0.366 e. The second-order valence-corrected chi connectivity index (χ2v) is 8.45. The van der Waals surface area contributed by atoms with Crippen molar-refractivity contribution in [3.63, 3.8) is 0 Å². The smallest absolute Gasteiger partial charge is 0.249 e. The first kappa shape index (κ1) is 19.6. The summed E-state index contributed by atoms with van der Waals surface area (Å²) in [4.78, 5) is 24.0. The molecule has 1 atom stereocenters. The summed E-state index contributed by atoms with van der Waals surface area (Å²) < 4.78 is 24.5. The maximum atomic E-state index is 12.2. The summed E-state index contributed by atoms with van der Waals surface area (Å²) in [5.74, 6) is -2.31. The van der Waals surface area contributed by atoms with Crippen LogP contribution in [0.5, 0.6) is 0 Å². The summed E-state index contributed by atoms with van der Waals surface area (Å²) in [7, 11) is -3.69. The Kier molecular flexibility index (Phi) is 6.49. The number of nitrogens with zero attached hydrogens (tertiary/aromatic N) is 1. The van der Waals surface area contributed by atoms with Crippen molar-refractivity contribution in [2.75, 3.05) is 5.75 Å². The summed E-state index contributed by atoms with van der Waals surface area (Å²) in [5, 5.41) is 13.3. The molecule has 2 rings (SSSR count). The van der Waals surface area contributed by atoms with E-state index in [2.05, 4.69) is 5.32 Å². The highest BCUT2D eigenvalue weighted by molar-refractivity contribution is 7.90. The number of rotatable bonds is 8. The maximum absolute atomic E-state index is 12.2. The number of thiophene rings is 1. The van der Waals surface area contributed by atoms with Crippen LogP contribution in [-0.4, -0.2) is 26.0 Å². The van der Waals surface area contributed by atoms with Gasteiger partial charge in [0.15, 0.2) is 15.9 Å². The monoisotopic (exact) mass is 390 g/mol. The molecular formula is C17H16N3O4S2. The molecule has 135 valence electrons. The standard InChI is InChI=1S/C17H16N3O4S2/c18-10-14(15-6-3-8-25-15)20-16(21)7-9-26(23,24)11-12-4-1-2-5-13(12)17(19)22/h1-8,14H,9,11H2,(H2,19,22)(H,20,21)/t14-/m1/s1. The number of hydrogen-bond acceptors (Lipinski definition) is 6. The number of benzene rings is 1. The number of hydrogen-bond donors (Lipinski definition) is 2. The molecule has 0 unspecified atom stereocenters. The highest BCUT2D eigenvalue weighted by atomic mass is 32.2. The minimum atomic E-state index is -3.69.